The highest BCUT2D eigenvalue weighted by molar-refractivity contribution is 5.71. The van der Waals surface area contributed by atoms with Crippen molar-refractivity contribution in [3.8, 4) is 0 Å². The molecule has 1 unspecified atom stereocenters. The number of carbonyl (C=O) groups excluding carboxylic acids is 3. The molecule has 0 aromatic rings. The lowest BCUT2D eigenvalue weighted by Crippen LogP contribution is -2.30. The average molecular weight is 1040 g/mol. The summed E-state index contributed by atoms with van der Waals surface area (Å²) in [6, 6.07) is 0. The van der Waals surface area contributed by atoms with Crippen LogP contribution in [0.5, 0.6) is 0 Å². The van der Waals surface area contributed by atoms with Crippen LogP contribution in [0, 0.1) is 0 Å². The lowest BCUT2D eigenvalue weighted by Gasteiger charge is -2.18. The lowest BCUT2D eigenvalue weighted by atomic mass is 10.0. The first kappa shape index (κ1) is 71.1. The van der Waals surface area contributed by atoms with Gasteiger partial charge in [-0.2, -0.15) is 0 Å². The molecule has 0 rings (SSSR count). The minimum atomic E-state index is -0.781. The zero-order valence-corrected chi connectivity index (χ0v) is 49.4. The van der Waals surface area contributed by atoms with E-state index in [1.165, 1.54) is 212 Å². The zero-order valence-electron chi connectivity index (χ0n) is 49.4. The summed E-state index contributed by atoms with van der Waals surface area (Å²) in [7, 11) is 0. The third-order valence-corrected chi connectivity index (χ3v) is 14.2. The SMILES string of the molecule is CCCC/C=C\CCCCCCCC(=O)OCC(COC(=O)CCCCCCCCCCCCCCCCC/C=C\C/C=C\CCCCCCC)OC(=O)CCCCCCCCC/C=C\C/C=C\CCCCCC. The maximum absolute atomic E-state index is 12.9. The Balaban J connectivity index is 4.21. The molecule has 6 heteroatoms. The van der Waals surface area contributed by atoms with Crippen LogP contribution in [0.1, 0.15) is 335 Å². The Kier molecular flexibility index (Phi) is 60.2. The average Bonchev–Trinajstić information content (AvgIpc) is 3.40. The quantitative estimate of drug-likeness (QED) is 0.0261. The fourth-order valence-electron chi connectivity index (χ4n) is 9.31. The van der Waals surface area contributed by atoms with Crippen LogP contribution in [0.3, 0.4) is 0 Å². The summed E-state index contributed by atoms with van der Waals surface area (Å²) < 4.78 is 16.9. The molecule has 0 N–H and O–H groups in total. The molecule has 0 aliphatic rings. The molecule has 1 atom stereocenters. The Bertz CT molecular complexity index is 1330. The third-order valence-electron chi connectivity index (χ3n) is 14.2. The number of unbranched alkanes of at least 4 members (excludes halogenated alkanes) is 38. The molecule has 0 saturated carbocycles. The van der Waals surface area contributed by atoms with Gasteiger partial charge >= 0.3 is 17.9 Å². The van der Waals surface area contributed by atoms with Crippen molar-refractivity contribution in [2.45, 2.75) is 341 Å². The van der Waals surface area contributed by atoms with Gasteiger partial charge in [-0.05, 0) is 103 Å². The van der Waals surface area contributed by atoms with Gasteiger partial charge in [-0.1, -0.05) is 274 Å². The maximum atomic E-state index is 12.9. The number of hydrogen-bond acceptors (Lipinski definition) is 6. The largest absolute Gasteiger partial charge is 0.462 e. The molecular formula is C68H122O6. The van der Waals surface area contributed by atoms with Gasteiger partial charge in [0.2, 0.25) is 0 Å². The molecule has 430 valence electrons. The second-order valence-corrected chi connectivity index (χ2v) is 21.7. The second-order valence-electron chi connectivity index (χ2n) is 21.7. The van der Waals surface area contributed by atoms with Crippen LogP contribution in [0.25, 0.3) is 0 Å². The first-order valence-corrected chi connectivity index (χ1v) is 32.3. The molecule has 74 heavy (non-hydrogen) atoms. The molecule has 0 aromatic carbocycles. The highest BCUT2D eigenvalue weighted by Gasteiger charge is 2.19. The Morgan fingerprint density at radius 2 is 0.500 bits per heavy atom. The van der Waals surface area contributed by atoms with Gasteiger partial charge in [0, 0.05) is 19.3 Å². The Labute approximate surface area is 460 Å². The van der Waals surface area contributed by atoms with Crippen molar-refractivity contribution in [1.29, 1.82) is 0 Å². The van der Waals surface area contributed by atoms with Gasteiger partial charge < -0.3 is 14.2 Å². The van der Waals surface area contributed by atoms with E-state index in [0.717, 1.165) is 83.5 Å². The van der Waals surface area contributed by atoms with Gasteiger partial charge in [-0.3, -0.25) is 14.4 Å². The van der Waals surface area contributed by atoms with E-state index in [1.54, 1.807) is 0 Å². The topological polar surface area (TPSA) is 78.9 Å². The van der Waals surface area contributed by atoms with Crippen LogP contribution in [-0.4, -0.2) is 37.2 Å². The molecule has 0 aromatic heterocycles. The normalized spacial score (nSPS) is 12.4. The van der Waals surface area contributed by atoms with E-state index in [0.29, 0.717) is 19.3 Å². The Hall–Kier alpha value is -2.89. The van der Waals surface area contributed by atoms with Crippen molar-refractivity contribution in [2.24, 2.45) is 0 Å². The smallest absolute Gasteiger partial charge is 0.306 e. The molecule has 0 spiro atoms. The van der Waals surface area contributed by atoms with Crippen molar-refractivity contribution in [3.63, 3.8) is 0 Å². The summed E-state index contributed by atoms with van der Waals surface area (Å²) in [5.74, 6) is -0.881. The lowest BCUT2D eigenvalue weighted by molar-refractivity contribution is -0.167. The van der Waals surface area contributed by atoms with Crippen LogP contribution in [0.2, 0.25) is 0 Å². The molecule has 0 aliphatic heterocycles. The van der Waals surface area contributed by atoms with Crippen molar-refractivity contribution in [3.05, 3.63) is 60.8 Å². The monoisotopic (exact) mass is 1030 g/mol. The summed E-state index contributed by atoms with van der Waals surface area (Å²) in [6.45, 7) is 6.60. The highest BCUT2D eigenvalue weighted by Crippen LogP contribution is 2.17. The molecule has 0 radical (unpaired) electrons. The summed E-state index contributed by atoms with van der Waals surface area (Å²) in [4.78, 5) is 38.2. The standard InChI is InChI=1S/C68H122O6/c1-4-7-10-13-16-19-22-24-26-28-30-31-32-33-34-35-36-37-38-40-41-43-46-49-52-55-58-61-67(70)73-64-65(63-72-66(69)60-57-54-51-48-45-21-18-15-12-9-6-3)74-68(71)62-59-56-53-50-47-44-42-39-29-27-25-23-20-17-14-11-8-5-2/h15,18,20,22-24,27-30,65H,4-14,16-17,19,21,25-26,31-64H2,1-3H3/b18-15-,23-20-,24-22-,29-27-,30-28-. The maximum Gasteiger partial charge on any atom is 0.306 e. The summed E-state index contributed by atoms with van der Waals surface area (Å²) in [5, 5.41) is 0. The van der Waals surface area contributed by atoms with Gasteiger partial charge in [0.1, 0.15) is 13.2 Å². The first-order chi connectivity index (χ1) is 36.5. The molecule has 0 saturated heterocycles. The Morgan fingerprint density at radius 1 is 0.270 bits per heavy atom. The Morgan fingerprint density at radius 3 is 0.811 bits per heavy atom. The zero-order chi connectivity index (χ0) is 53.6. The fourth-order valence-corrected chi connectivity index (χ4v) is 9.31. The number of esters is 3. The van der Waals surface area contributed by atoms with Gasteiger partial charge in [0.25, 0.3) is 0 Å². The molecule has 0 aliphatic carbocycles. The molecule has 0 bridgehead atoms. The van der Waals surface area contributed by atoms with Gasteiger partial charge in [0.15, 0.2) is 6.10 Å². The molecule has 0 heterocycles. The van der Waals surface area contributed by atoms with E-state index in [9.17, 15) is 14.4 Å². The van der Waals surface area contributed by atoms with E-state index < -0.39 is 6.10 Å². The van der Waals surface area contributed by atoms with Crippen LogP contribution in [0.4, 0.5) is 0 Å². The van der Waals surface area contributed by atoms with Gasteiger partial charge in [-0.25, -0.2) is 0 Å². The summed E-state index contributed by atoms with van der Waals surface area (Å²) in [6.07, 6.45) is 79.5. The number of rotatable bonds is 59. The van der Waals surface area contributed by atoms with E-state index in [4.69, 9.17) is 14.2 Å². The van der Waals surface area contributed by atoms with E-state index in [-0.39, 0.29) is 31.1 Å². The number of hydrogen-bond donors (Lipinski definition) is 0. The second kappa shape index (κ2) is 62.6. The minimum absolute atomic E-state index is 0.0780. The third kappa shape index (κ3) is 60.0. The van der Waals surface area contributed by atoms with Crippen LogP contribution in [-0.2, 0) is 28.6 Å². The predicted molar refractivity (Wildman–Crippen MR) is 321 cm³/mol. The summed E-state index contributed by atoms with van der Waals surface area (Å²) >= 11 is 0. The van der Waals surface area contributed by atoms with Crippen LogP contribution < -0.4 is 0 Å². The number of allylic oxidation sites excluding steroid dienone is 10. The van der Waals surface area contributed by atoms with Crippen LogP contribution in [0.15, 0.2) is 60.8 Å². The van der Waals surface area contributed by atoms with Crippen molar-refractivity contribution in [2.75, 3.05) is 13.2 Å². The predicted octanol–water partition coefficient (Wildman–Crippen LogP) is 21.9. The minimum Gasteiger partial charge on any atom is -0.462 e. The summed E-state index contributed by atoms with van der Waals surface area (Å²) in [5.41, 5.74) is 0. The molecule has 0 fully saturated rings. The fraction of sp³-hybridized carbons (Fsp3) is 0.809. The molecular weight excluding hydrogens is 913 g/mol. The van der Waals surface area contributed by atoms with Crippen molar-refractivity contribution in [1.82, 2.24) is 0 Å². The number of ether oxygens (including phenoxy) is 3. The van der Waals surface area contributed by atoms with Crippen molar-refractivity contribution >= 4 is 17.9 Å². The van der Waals surface area contributed by atoms with Crippen molar-refractivity contribution < 1.29 is 28.6 Å². The molecule has 6 nitrogen and oxygen atoms in total. The van der Waals surface area contributed by atoms with Gasteiger partial charge in [-0.15, -0.1) is 0 Å². The van der Waals surface area contributed by atoms with E-state index in [1.807, 2.05) is 0 Å². The first-order valence-electron chi connectivity index (χ1n) is 32.3. The number of carbonyl (C=O) groups is 3. The highest BCUT2D eigenvalue weighted by atomic mass is 16.6. The molecule has 0 amide bonds. The van der Waals surface area contributed by atoms with E-state index in [2.05, 4.69) is 81.5 Å². The van der Waals surface area contributed by atoms with Gasteiger partial charge in [0.05, 0.1) is 0 Å². The van der Waals surface area contributed by atoms with Crippen LogP contribution >= 0.6 is 0 Å². The van der Waals surface area contributed by atoms with E-state index >= 15 is 0 Å².